The molecule has 4 heteroatoms. The molecular formula is C16H13ClN2S. The summed E-state index contributed by atoms with van der Waals surface area (Å²) in [5, 5.41) is 1.86. The van der Waals surface area contributed by atoms with Crippen molar-refractivity contribution in [1.82, 2.24) is 4.98 Å². The Balaban J connectivity index is 1.85. The molecule has 0 bridgehead atoms. The van der Waals surface area contributed by atoms with Crippen molar-refractivity contribution in [3.8, 4) is 0 Å². The van der Waals surface area contributed by atoms with Gasteiger partial charge in [0.1, 0.15) is 5.82 Å². The summed E-state index contributed by atoms with van der Waals surface area (Å²) in [5.41, 5.74) is 8.01. The van der Waals surface area contributed by atoms with Gasteiger partial charge in [0.05, 0.1) is 5.52 Å². The van der Waals surface area contributed by atoms with E-state index in [9.17, 15) is 0 Å². The highest BCUT2D eigenvalue weighted by molar-refractivity contribution is 7.98. The largest absolute Gasteiger partial charge is 0.383 e. The van der Waals surface area contributed by atoms with Crippen LogP contribution in [-0.4, -0.2) is 4.98 Å². The fourth-order valence-corrected chi connectivity index (χ4v) is 3.20. The third kappa shape index (κ3) is 2.89. The Labute approximate surface area is 127 Å². The lowest BCUT2D eigenvalue weighted by molar-refractivity contribution is 1.31. The zero-order chi connectivity index (χ0) is 13.9. The summed E-state index contributed by atoms with van der Waals surface area (Å²) in [7, 11) is 0. The molecule has 0 aliphatic rings. The number of hydrogen-bond donors (Lipinski definition) is 1. The monoisotopic (exact) mass is 300 g/mol. The Morgan fingerprint density at radius 2 is 1.90 bits per heavy atom. The average Bonchev–Trinajstić information content (AvgIpc) is 2.45. The second-order valence-corrected chi connectivity index (χ2v) is 5.96. The predicted octanol–water partition coefficient (Wildman–Crippen LogP) is 4.76. The third-order valence-electron chi connectivity index (χ3n) is 3.03. The maximum Gasteiger partial charge on any atom is 0.128 e. The number of thioether (sulfide) groups is 1. The molecule has 2 aromatic carbocycles. The van der Waals surface area contributed by atoms with Gasteiger partial charge in [-0.25, -0.2) is 4.98 Å². The minimum absolute atomic E-state index is 0.596. The van der Waals surface area contributed by atoms with Gasteiger partial charge in [-0.05, 0) is 30.3 Å². The van der Waals surface area contributed by atoms with Gasteiger partial charge >= 0.3 is 0 Å². The van der Waals surface area contributed by atoms with Crippen LogP contribution in [0.1, 0.15) is 5.56 Å². The average molecular weight is 301 g/mol. The van der Waals surface area contributed by atoms with Crippen LogP contribution in [0.4, 0.5) is 5.82 Å². The second kappa shape index (κ2) is 5.73. The topological polar surface area (TPSA) is 38.9 Å². The molecule has 0 atom stereocenters. The van der Waals surface area contributed by atoms with Crippen LogP contribution in [-0.2, 0) is 5.75 Å². The Morgan fingerprint density at radius 3 is 2.75 bits per heavy atom. The lowest BCUT2D eigenvalue weighted by Gasteiger charge is -2.07. The quantitative estimate of drug-likeness (QED) is 0.709. The molecule has 0 aliphatic carbocycles. The first kappa shape index (κ1) is 13.3. The summed E-state index contributed by atoms with van der Waals surface area (Å²) in [4.78, 5) is 5.57. The maximum atomic E-state index is 6.03. The van der Waals surface area contributed by atoms with Crippen molar-refractivity contribution in [2.75, 3.05) is 5.73 Å². The third-order valence-corrected chi connectivity index (χ3v) is 4.30. The number of pyridine rings is 1. The van der Waals surface area contributed by atoms with Gasteiger partial charge in [0.2, 0.25) is 0 Å². The summed E-state index contributed by atoms with van der Waals surface area (Å²) >= 11 is 7.69. The number of anilines is 1. The van der Waals surface area contributed by atoms with Crippen LogP contribution in [0.15, 0.2) is 59.5 Å². The van der Waals surface area contributed by atoms with Crippen LogP contribution in [0.5, 0.6) is 0 Å². The van der Waals surface area contributed by atoms with Gasteiger partial charge in [-0.2, -0.15) is 0 Å². The molecule has 2 nitrogen and oxygen atoms in total. The highest BCUT2D eigenvalue weighted by atomic mass is 35.5. The van der Waals surface area contributed by atoms with E-state index < -0.39 is 0 Å². The number of nitrogens with two attached hydrogens (primary N) is 1. The van der Waals surface area contributed by atoms with Crippen LogP contribution in [0, 0.1) is 0 Å². The van der Waals surface area contributed by atoms with E-state index in [1.807, 2.05) is 42.5 Å². The molecule has 0 spiro atoms. The number of fused-ring (bicyclic) bond motifs is 1. The van der Waals surface area contributed by atoms with Gasteiger partial charge in [-0.3, -0.25) is 0 Å². The standard InChI is InChI=1S/C16H13ClN2S/c17-13-5-3-6-14(9-13)20-10-12-8-11-4-1-2-7-15(11)19-16(12)18/h1-9H,10H2,(H2,18,19). The second-order valence-electron chi connectivity index (χ2n) is 4.47. The van der Waals surface area contributed by atoms with E-state index in [4.69, 9.17) is 17.3 Å². The van der Waals surface area contributed by atoms with E-state index in [0.29, 0.717) is 5.82 Å². The van der Waals surface area contributed by atoms with Gasteiger partial charge in [-0.15, -0.1) is 11.8 Å². The van der Waals surface area contributed by atoms with Crippen molar-refractivity contribution >= 4 is 40.1 Å². The Hall–Kier alpha value is -1.71. The summed E-state index contributed by atoms with van der Waals surface area (Å²) in [6.45, 7) is 0. The van der Waals surface area contributed by atoms with Gasteiger partial charge in [0, 0.05) is 26.6 Å². The van der Waals surface area contributed by atoms with E-state index >= 15 is 0 Å². The van der Waals surface area contributed by atoms with Crippen molar-refractivity contribution in [2.45, 2.75) is 10.6 Å². The number of para-hydroxylation sites is 1. The maximum absolute atomic E-state index is 6.03. The number of hydrogen-bond acceptors (Lipinski definition) is 3. The van der Waals surface area contributed by atoms with E-state index in [2.05, 4.69) is 17.1 Å². The normalized spacial score (nSPS) is 10.8. The van der Waals surface area contributed by atoms with Crippen molar-refractivity contribution in [3.63, 3.8) is 0 Å². The summed E-state index contributed by atoms with van der Waals surface area (Å²) in [6.07, 6.45) is 0. The van der Waals surface area contributed by atoms with E-state index in [1.54, 1.807) is 11.8 Å². The Bertz CT molecular complexity index is 758. The smallest absolute Gasteiger partial charge is 0.128 e. The van der Waals surface area contributed by atoms with Gasteiger partial charge < -0.3 is 5.73 Å². The molecule has 0 saturated carbocycles. The number of rotatable bonds is 3. The van der Waals surface area contributed by atoms with Gasteiger partial charge in [-0.1, -0.05) is 35.9 Å². The zero-order valence-electron chi connectivity index (χ0n) is 10.7. The first-order chi connectivity index (χ1) is 9.72. The van der Waals surface area contributed by atoms with Crippen molar-refractivity contribution in [1.29, 1.82) is 0 Å². The molecule has 2 N–H and O–H groups in total. The minimum Gasteiger partial charge on any atom is -0.383 e. The molecule has 0 fully saturated rings. The lowest BCUT2D eigenvalue weighted by Crippen LogP contribution is -1.97. The fraction of sp³-hybridized carbons (Fsp3) is 0.0625. The number of aromatic nitrogens is 1. The van der Waals surface area contributed by atoms with Crippen LogP contribution < -0.4 is 5.73 Å². The molecule has 0 saturated heterocycles. The van der Waals surface area contributed by atoms with Gasteiger partial charge in [0.25, 0.3) is 0 Å². The molecule has 0 unspecified atom stereocenters. The summed E-state index contributed by atoms with van der Waals surface area (Å²) < 4.78 is 0. The van der Waals surface area contributed by atoms with E-state index in [1.165, 1.54) is 0 Å². The first-order valence-corrected chi connectivity index (χ1v) is 7.61. The first-order valence-electron chi connectivity index (χ1n) is 6.25. The molecule has 100 valence electrons. The van der Waals surface area contributed by atoms with Crippen LogP contribution in [0.25, 0.3) is 10.9 Å². The number of nitrogen functional groups attached to an aromatic ring is 1. The number of benzene rings is 2. The highest BCUT2D eigenvalue weighted by Gasteiger charge is 2.05. The lowest BCUT2D eigenvalue weighted by atomic mass is 10.1. The summed E-state index contributed by atoms with van der Waals surface area (Å²) in [6, 6.07) is 17.9. The predicted molar refractivity (Wildman–Crippen MR) is 87.2 cm³/mol. The molecule has 20 heavy (non-hydrogen) atoms. The SMILES string of the molecule is Nc1nc2ccccc2cc1CSc1cccc(Cl)c1. The molecule has 0 amide bonds. The van der Waals surface area contributed by atoms with E-state index in [0.717, 1.165) is 32.1 Å². The Morgan fingerprint density at radius 1 is 1.05 bits per heavy atom. The molecule has 3 rings (SSSR count). The van der Waals surface area contributed by atoms with Crippen molar-refractivity contribution in [3.05, 3.63) is 65.2 Å². The summed E-state index contributed by atoms with van der Waals surface area (Å²) in [5.74, 6) is 1.38. The van der Waals surface area contributed by atoms with Crippen LogP contribution in [0.2, 0.25) is 5.02 Å². The fourth-order valence-electron chi connectivity index (χ4n) is 2.01. The molecule has 0 radical (unpaired) electrons. The number of halogens is 1. The zero-order valence-corrected chi connectivity index (χ0v) is 12.3. The molecular weight excluding hydrogens is 288 g/mol. The van der Waals surface area contributed by atoms with Crippen molar-refractivity contribution < 1.29 is 0 Å². The molecule has 1 heterocycles. The molecule has 3 aromatic rings. The van der Waals surface area contributed by atoms with Crippen LogP contribution in [0.3, 0.4) is 0 Å². The highest BCUT2D eigenvalue weighted by Crippen LogP contribution is 2.28. The minimum atomic E-state index is 0.596. The van der Waals surface area contributed by atoms with Crippen molar-refractivity contribution in [2.24, 2.45) is 0 Å². The molecule has 1 aromatic heterocycles. The van der Waals surface area contributed by atoms with Gasteiger partial charge in [0.15, 0.2) is 0 Å². The van der Waals surface area contributed by atoms with E-state index in [-0.39, 0.29) is 0 Å². The number of nitrogens with zero attached hydrogens (tertiary/aromatic N) is 1. The Kier molecular flexibility index (Phi) is 3.81. The van der Waals surface area contributed by atoms with Crippen LogP contribution >= 0.6 is 23.4 Å². The molecule has 0 aliphatic heterocycles.